The molecule has 0 N–H and O–H groups in total. The molecule has 5 heteroatoms. The first-order chi connectivity index (χ1) is 10.1. The van der Waals surface area contributed by atoms with Crippen LogP contribution in [0, 0.1) is 11.6 Å². The van der Waals surface area contributed by atoms with E-state index in [0.717, 1.165) is 18.9 Å². The van der Waals surface area contributed by atoms with Gasteiger partial charge >= 0.3 is 0 Å². The third kappa shape index (κ3) is 2.33. The Hall–Kier alpha value is -1.49. The summed E-state index contributed by atoms with van der Waals surface area (Å²) in [6.07, 6.45) is 3.69. The van der Waals surface area contributed by atoms with Gasteiger partial charge in [-0.25, -0.2) is 8.78 Å². The van der Waals surface area contributed by atoms with E-state index in [2.05, 4.69) is 0 Å². The number of halogens is 2. The van der Waals surface area contributed by atoms with E-state index < -0.39 is 17.2 Å². The number of carbonyl (C=O) groups excluding carboxylic acids is 1. The number of carbonyl (C=O) groups is 1. The van der Waals surface area contributed by atoms with E-state index in [1.807, 2.05) is 6.92 Å². The van der Waals surface area contributed by atoms with Crippen LogP contribution in [0.1, 0.15) is 38.2 Å². The molecule has 2 aliphatic rings. The van der Waals surface area contributed by atoms with E-state index in [1.165, 1.54) is 11.0 Å². The highest BCUT2D eigenvalue weighted by molar-refractivity contribution is 6.01. The molecule has 3 rings (SSSR count). The number of nitrogens with zero attached hydrogens (tertiary/aromatic N) is 1. The lowest BCUT2D eigenvalue weighted by Gasteiger charge is -2.32. The maximum absolute atomic E-state index is 13.8. The predicted octanol–water partition coefficient (Wildman–Crippen LogP) is 3.20. The van der Waals surface area contributed by atoms with Gasteiger partial charge in [-0.3, -0.25) is 4.79 Å². The average molecular weight is 295 g/mol. The number of hydrogen-bond donors (Lipinski definition) is 0. The molecule has 1 aliphatic heterocycles. The minimum Gasteiger partial charge on any atom is -0.365 e. The SMILES string of the molecule is CCOC1(C(=O)N2CCc3c(F)cc(F)cc32)CCCC1. The van der Waals surface area contributed by atoms with Crippen molar-refractivity contribution >= 4 is 11.6 Å². The summed E-state index contributed by atoms with van der Waals surface area (Å²) in [5, 5.41) is 0. The van der Waals surface area contributed by atoms with Crippen LogP contribution in [0.15, 0.2) is 12.1 Å². The lowest BCUT2D eigenvalue weighted by molar-refractivity contribution is -0.142. The van der Waals surface area contributed by atoms with Gasteiger partial charge in [0, 0.05) is 24.8 Å². The van der Waals surface area contributed by atoms with Crippen molar-refractivity contribution in [2.24, 2.45) is 0 Å². The molecule has 21 heavy (non-hydrogen) atoms. The first-order valence-corrected chi connectivity index (χ1v) is 7.51. The Kier molecular flexibility index (Phi) is 3.69. The van der Waals surface area contributed by atoms with Gasteiger partial charge in [0.05, 0.1) is 5.69 Å². The van der Waals surface area contributed by atoms with Crippen molar-refractivity contribution in [1.82, 2.24) is 0 Å². The number of amides is 1. The van der Waals surface area contributed by atoms with Crippen LogP contribution in [0.2, 0.25) is 0 Å². The summed E-state index contributed by atoms with van der Waals surface area (Å²) in [5.74, 6) is -1.37. The summed E-state index contributed by atoms with van der Waals surface area (Å²) in [6, 6.07) is 2.12. The van der Waals surface area contributed by atoms with Crippen LogP contribution < -0.4 is 4.90 Å². The molecular formula is C16H19F2NO2. The van der Waals surface area contributed by atoms with E-state index in [9.17, 15) is 13.6 Å². The topological polar surface area (TPSA) is 29.5 Å². The maximum Gasteiger partial charge on any atom is 0.259 e. The van der Waals surface area contributed by atoms with Crippen molar-refractivity contribution in [3.05, 3.63) is 29.3 Å². The van der Waals surface area contributed by atoms with Gasteiger partial charge in [0.15, 0.2) is 0 Å². The zero-order valence-electron chi connectivity index (χ0n) is 12.1. The number of fused-ring (bicyclic) bond motifs is 1. The highest BCUT2D eigenvalue weighted by atomic mass is 19.1. The van der Waals surface area contributed by atoms with Crippen molar-refractivity contribution in [1.29, 1.82) is 0 Å². The largest absolute Gasteiger partial charge is 0.365 e. The molecule has 0 atom stereocenters. The van der Waals surface area contributed by atoms with Crippen LogP contribution >= 0.6 is 0 Å². The van der Waals surface area contributed by atoms with Crippen LogP contribution in [0.25, 0.3) is 0 Å². The quantitative estimate of drug-likeness (QED) is 0.857. The third-order valence-corrected chi connectivity index (χ3v) is 4.48. The average Bonchev–Trinajstić information content (AvgIpc) is 3.06. The van der Waals surface area contributed by atoms with Gasteiger partial charge in [0.1, 0.15) is 17.2 Å². The zero-order chi connectivity index (χ0) is 15.0. The fourth-order valence-corrected chi connectivity index (χ4v) is 3.52. The van der Waals surface area contributed by atoms with Crippen molar-refractivity contribution in [3.63, 3.8) is 0 Å². The van der Waals surface area contributed by atoms with Crippen molar-refractivity contribution in [2.45, 2.75) is 44.6 Å². The molecule has 1 aliphatic carbocycles. The van der Waals surface area contributed by atoms with Gasteiger partial charge in [-0.05, 0) is 45.1 Å². The van der Waals surface area contributed by atoms with Crippen LogP contribution in [0.3, 0.4) is 0 Å². The Morgan fingerprint density at radius 3 is 2.71 bits per heavy atom. The first kappa shape index (κ1) is 14.4. The lowest BCUT2D eigenvalue weighted by Crippen LogP contribution is -2.49. The van der Waals surface area contributed by atoms with E-state index in [4.69, 9.17) is 4.74 Å². The summed E-state index contributed by atoms with van der Waals surface area (Å²) in [4.78, 5) is 14.4. The predicted molar refractivity (Wildman–Crippen MR) is 75.2 cm³/mol. The molecular weight excluding hydrogens is 276 g/mol. The molecule has 1 saturated carbocycles. The van der Waals surface area contributed by atoms with Gasteiger partial charge in [-0.1, -0.05) is 0 Å². The highest BCUT2D eigenvalue weighted by Gasteiger charge is 2.46. The van der Waals surface area contributed by atoms with E-state index in [0.29, 0.717) is 43.7 Å². The Balaban J connectivity index is 1.94. The zero-order valence-corrected chi connectivity index (χ0v) is 12.1. The summed E-state index contributed by atoms with van der Waals surface area (Å²) in [5.41, 5.74) is -0.0167. The monoisotopic (exact) mass is 295 g/mol. The third-order valence-electron chi connectivity index (χ3n) is 4.48. The molecule has 0 bridgehead atoms. The molecule has 0 spiro atoms. The fraction of sp³-hybridized carbons (Fsp3) is 0.562. The first-order valence-electron chi connectivity index (χ1n) is 7.51. The van der Waals surface area contributed by atoms with Gasteiger partial charge in [0.25, 0.3) is 5.91 Å². The van der Waals surface area contributed by atoms with Gasteiger partial charge in [-0.2, -0.15) is 0 Å². The molecule has 0 saturated heterocycles. The second-order valence-electron chi connectivity index (χ2n) is 5.73. The van der Waals surface area contributed by atoms with Gasteiger partial charge < -0.3 is 9.64 Å². The normalized spacial score (nSPS) is 19.9. The fourth-order valence-electron chi connectivity index (χ4n) is 3.52. The van der Waals surface area contributed by atoms with Crippen molar-refractivity contribution in [3.8, 4) is 0 Å². The minimum absolute atomic E-state index is 0.148. The Morgan fingerprint density at radius 1 is 1.33 bits per heavy atom. The summed E-state index contributed by atoms with van der Waals surface area (Å²) >= 11 is 0. The molecule has 0 radical (unpaired) electrons. The molecule has 1 fully saturated rings. The molecule has 3 nitrogen and oxygen atoms in total. The molecule has 0 aromatic heterocycles. The number of rotatable bonds is 3. The van der Waals surface area contributed by atoms with Gasteiger partial charge in [-0.15, -0.1) is 0 Å². The smallest absolute Gasteiger partial charge is 0.259 e. The van der Waals surface area contributed by atoms with Gasteiger partial charge in [0.2, 0.25) is 0 Å². The van der Waals surface area contributed by atoms with Crippen LogP contribution in [-0.4, -0.2) is 24.7 Å². The highest BCUT2D eigenvalue weighted by Crippen LogP contribution is 2.39. The van der Waals surface area contributed by atoms with E-state index >= 15 is 0 Å². The number of ether oxygens (including phenoxy) is 1. The number of hydrogen-bond acceptors (Lipinski definition) is 2. The summed E-state index contributed by atoms with van der Waals surface area (Å²) < 4.78 is 33.0. The summed E-state index contributed by atoms with van der Waals surface area (Å²) in [6.45, 7) is 2.72. The number of anilines is 1. The van der Waals surface area contributed by atoms with E-state index in [1.54, 1.807) is 0 Å². The minimum atomic E-state index is -0.806. The second-order valence-corrected chi connectivity index (χ2v) is 5.73. The molecule has 1 aromatic rings. The Labute approximate surface area is 122 Å². The Morgan fingerprint density at radius 2 is 2.05 bits per heavy atom. The van der Waals surface area contributed by atoms with Crippen molar-refractivity contribution in [2.75, 3.05) is 18.1 Å². The van der Waals surface area contributed by atoms with Crippen LogP contribution in [0.5, 0.6) is 0 Å². The van der Waals surface area contributed by atoms with Crippen molar-refractivity contribution < 1.29 is 18.3 Å². The number of benzene rings is 1. The maximum atomic E-state index is 13.8. The van der Waals surface area contributed by atoms with Crippen LogP contribution in [0.4, 0.5) is 14.5 Å². The molecule has 1 heterocycles. The lowest BCUT2D eigenvalue weighted by atomic mass is 9.99. The molecule has 1 aromatic carbocycles. The standard InChI is InChI=1S/C16H19F2NO2/c1-2-21-16(6-3-4-7-16)15(20)19-8-5-12-13(18)9-11(17)10-14(12)19/h9-10H,2-8H2,1H3. The molecule has 1 amide bonds. The van der Waals surface area contributed by atoms with Crippen LogP contribution in [-0.2, 0) is 16.0 Å². The second kappa shape index (κ2) is 5.37. The molecule has 114 valence electrons. The summed E-state index contributed by atoms with van der Waals surface area (Å²) in [7, 11) is 0. The van der Waals surface area contributed by atoms with E-state index in [-0.39, 0.29) is 5.91 Å². The Bertz CT molecular complexity index is 568. The molecule has 0 unspecified atom stereocenters.